The average Bonchev–Trinajstić information content (AvgIpc) is 2.71. The number of nitrogens with one attached hydrogen (secondary N) is 1. The minimum Gasteiger partial charge on any atom is -0.483 e. The van der Waals surface area contributed by atoms with E-state index in [1.807, 2.05) is 6.92 Å². The van der Waals surface area contributed by atoms with Gasteiger partial charge in [-0.3, -0.25) is 9.59 Å². The molecule has 0 aromatic heterocycles. The molecule has 1 N–H and O–H groups in total. The zero-order valence-corrected chi connectivity index (χ0v) is 20.4. The molecule has 0 aliphatic carbocycles. The third kappa shape index (κ3) is 7.05. The lowest BCUT2D eigenvalue weighted by Crippen LogP contribution is -2.49. The van der Waals surface area contributed by atoms with Crippen molar-refractivity contribution in [2.45, 2.75) is 32.9 Å². The number of halogens is 4. The van der Waals surface area contributed by atoms with Crippen molar-refractivity contribution >= 4 is 62.5 Å². The highest BCUT2D eigenvalue weighted by molar-refractivity contribution is 9.10. The van der Waals surface area contributed by atoms with Crippen molar-refractivity contribution in [1.82, 2.24) is 10.2 Å². The van der Waals surface area contributed by atoms with E-state index in [2.05, 4.69) is 21.2 Å². The highest BCUT2D eigenvalue weighted by Gasteiger charge is 2.26. The van der Waals surface area contributed by atoms with Crippen LogP contribution in [-0.2, 0) is 16.1 Å². The maximum absolute atomic E-state index is 13.0. The van der Waals surface area contributed by atoms with E-state index in [1.165, 1.54) is 4.90 Å². The first kappa shape index (κ1) is 24.8. The van der Waals surface area contributed by atoms with Crippen molar-refractivity contribution < 1.29 is 14.3 Å². The Bertz CT molecular complexity index is 911. The first-order valence-electron chi connectivity index (χ1n) is 9.31. The van der Waals surface area contributed by atoms with Crippen molar-refractivity contribution in [3.05, 3.63) is 61.5 Å². The largest absolute Gasteiger partial charge is 0.483 e. The second-order valence-corrected chi connectivity index (χ2v) is 8.71. The minimum atomic E-state index is -0.698. The quantitative estimate of drug-likeness (QED) is 0.445. The van der Waals surface area contributed by atoms with Gasteiger partial charge in [0.2, 0.25) is 5.91 Å². The molecule has 0 saturated heterocycles. The Morgan fingerprint density at radius 1 is 1.13 bits per heavy atom. The number of hydrogen-bond acceptors (Lipinski definition) is 3. The van der Waals surface area contributed by atoms with Gasteiger partial charge in [0.25, 0.3) is 5.91 Å². The highest BCUT2D eigenvalue weighted by Crippen LogP contribution is 2.28. The number of nitrogens with zero attached hydrogens (tertiary/aromatic N) is 1. The molecule has 0 fully saturated rings. The Morgan fingerprint density at radius 2 is 1.87 bits per heavy atom. The van der Waals surface area contributed by atoms with Crippen molar-refractivity contribution in [2.75, 3.05) is 13.2 Å². The lowest BCUT2D eigenvalue weighted by Gasteiger charge is -2.29. The molecule has 5 nitrogen and oxygen atoms in total. The van der Waals surface area contributed by atoms with Crippen LogP contribution < -0.4 is 10.1 Å². The molecule has 0 radical (unpaired) electrons. The summed E-state index contributed by atoms with van der Waals surface area (Å²) in [5.41, 5.74) is 0.751. The Morgan fingerprint density at radius 3 is 2.50 bits per heavy atom. The smallest absolute Gasteiger partial charge is 0.261 e. The van der Waals surface area contributed by atoms with Crippen molar-refractivity contribution in [1.29, 1.82) is 0 Å². The Labute approximate surface area is 199 Å². The maximum atomic E-state index is 13.0. The van der Waals surface area contributed by atoms with Crippen LogP contribution >= 0.6 is 50.7 Å². The molecule has 0 spiro atoms. The van der Waals surface area contributed by atoms with Crippen LogP contribution in [-0.4, -0.2) is 35.9 Å². The van der Waals surface area contributed by atoms with E-state index >= 15 is 0 Å². The molecular formula is C21H22BrCl3N2O3. The molecule has 1 unspecified atom stereocenters. The Hall–Kier alpha value is -1.47. The fourth-order valence-corrected chi connectivity index (χ4v) is 3.75. The van der Waals surface area contributed by atoms with Crippen LogP contribution in [0.1, 0.15) is 25.8 Å². The van der Waals surface area contributed by atoms with Gasteiger partial charge in [0, 0.05) is 18.1 Å². The molecule has 0 saturated carbocycles. The summed E-state index contributed by atoms with van der Waals surface area (Å²) in [4.78, 5) is 27.0. The van der Waals surface area contributed by atoms with Gasteiger partial charge in [-0.1, -0.05) is 47.8 Å². The van der Waals surface area contributed by atoms with Gasteiger partial charge in [-0.25, -0.2) is 0 Å². The molecule has 2 aromatic rings. The lowest BCUT2D eigenvalue weighted by atomic mass is 10.1. The number of carbonyl (C=O) groups excluding carboxylic acids is 2. The lowest BCUT2D eigenvalue weighted by molar-refractivity contribution is -0.142. The minimum absolute atomic E-state index is 0.182. The van der Waals surface area contributed by atoms with E-state index in [9.17, 15) is 9.59 Å². The first-order chi connectivity index (χ1) is 14.2. The summed E-state index contributed by atoms with van der Waals surface area (Å²) >= 11 is 21.4. The number of amides is 2. The average molecular weight is 537 g/mol. The monoisotopic (exact) mass is 534 g/mol. The molecule has 0 aliphatic heterocycles. The third-order valence-corrected chi connectivity index (χ3v) is 5.89. The molecule has 30 heavy (non-hydrogen) atoms. The zero-order valence-electron chi connectivity index (χ0n) is 16.6. The van der Waals surface area contributed by atoms with E-state index in [1.54, 1.807) is 43.3 Å². The van der Waals surface area contributed by atoms with Gasteiger partial charge < -0.3 is 15.0 Å². The normalized spacial score (nSPS) is 11.7. The van der Waals surface area contributed by atoms with E-state index in [0.717, 1.165) is 12.0 Å². The molecular weight excluding hydrogens is 515 g/mol. The Balaban J connectivity index is 2.18. The first-order valence-corrected chi connectivity index (χ1v) is 11.2. The number of ether oxygens (including phenoxy) is 1. The van der Waals surface area contributed by atoms with Crippen molar-refractivity contribution in [3.63, 3.8) is 0 Å². The van der Waals surface area contributed by atoms with Gasteiger partial charge in [-0.05, 0) is 65.2 Å². The number of hydrogen-bond donors (Lipinski definition) is 1. The predicted molar refractivity (Wildman–Crippen MR) is 124 cm³/mol. The zero-order chi connectivity index (χ0) is 22.3. The summed E-state index contributed by atoms with van der Waals surface area (Å²) in [6, 6.07) is 9.41. The van der Waals surface area contributed by atoms with Crippen LogP contribution in [0, 0.1) is 0 Å². The molecule has 0 heterocycles. The van der Waals surface area contributed by atoms with Crippen LogP contribution in [0.25, 0.3) is 0 Å². The van der Waals surface area contributed by atoms with Gasteiger partial charge >= 0.3 is 0 Å². The summed E-state index contributed by atoms with van der Waals surface area (Å²) < 4.78 is 6.28. The third-order valence-electron chi connectivity index (χ3n) is 4.30. The number of rotatable bonds is 9. The summed E-state index contributed by atoms with van der Waals surface area (Å²) in [5, 5.41) is 4.16. The van der Waals surface area contributed by atoms with E-state index in [-0.39, 0.29) is 25.0 Å². The van der Waals surface area contributed by atoms with Crippen LogP contribution in [0.2, 0.25) is 15.1 Å². The summed E-state index contributed by atoms with van der Waals surface area (Å²) in [6.07, 6.45) is 0.799. The number of benzene rings is 2. The molecule has 9 heteroatoms. The van der Waals surface area contributed by atoms with Crippen LogP contribution in [0.5, 0.6) is 5.75 Å². The van der Waals surface area contributed by atoms with Gasteiger partial charge in [0.15, 0.2) is 6.61 Å². The molecule has 2 amide bonds. The summed E-state index contributed by atoms with van der Waals surface area (Å²) in [7, 11) is 0. The maximum Gasteiger partial charge on any atom is 0.261 e. The van der Waals surface area contributed by atoms with Crippen LogP contribution in [0.3, 0.4) is 0 Å². The molecule has 2 aromatic carbocycles. The fourth-order valence-electron chi connectivity index (χ4n) is 2.63. The van der Waals surface area contributed by atoms with Crippen molar-refractivity contribution in [2.24, 2.45) is 0 Å². The van der Waals surface area contributed by atoms with Gasteiger partial charge in [-0.15, -0.1) is 0 Å². The molecule has 1 atom stereocenters. The fraction of sp³-hybridized carbons (Fsp3) is 0.333. The second-order valence-electron chi connectivity index (χ2n) is 6.60. The van der Waals surface area contributed by atoms with Crippen LogP contribution in [0.15, 0.2) is 40.9 Å². The van der Waals surface area contributed by atoms with Gasteiger partial charge in [-0.2, -0.15) is 0 Å². The number of carbonyl (C=O) groups is 2. The SMILES string of the molecule is CCCNC(=O)C(C)N(Cc1ccc(Cl)c(Cl)c1)C(=O)COc1ccc(Cl)cc1Br. The Kier molecular flexibility index (Phi) is 9.75. The van der Waals surface area contributed by atoms with Crippen molar-refractivity contribution in [3.8, 4) is 5.75 Å². The summed E-state index contributed by atoms with van der Waals surface area (Å²) in [5.74, 6) is -0.106. The molecule has 162 valence electrons. The van der Waals surface area contributed by atoms with Gasteiger partial charge in [0.05, 0.1) is 14.5 Å². The summed E-state index contributed by atoms with van der Waals surface area (Å²) in [6.45, 7) is 4.11. The van der Waals surface area contributed by atoms with E-state index in [0.29, 0.717) is 31.8 Å². The second kappa shape index (κ2) is 11.8. The molecule has 2 rings (SSSR count). The topological polar surface area (TPSA) is 58.6 Å². The van der Waals surface area contributed by atoms with Gasteiger partial charge in [0.1, 0.15) is 11.8 Å². The molecule has 0 aliphatic rings. The van der Waals surface area contributed by atoms with E-state index < -0.39 is 6.04 Å². The highest BCUT2D eigenvalue weighted by atomic mass is 79.9. The van der Waals surface area contributed by atoms with Crippen LogP contribution in [0.4, 0.5) is 0 Å². The standard InChI is InChI=1S/C21H22BrCl3N2O3/c1-3-8-26-21(29)13(2)27(11-14-4-6-17(24)18(25)9-14)20(28)12-30-19-7-5-15(23)10-16(19)22/h4-7,9-10,13H,3,8,11-12H2,1-2H3,(H,26,29). The van der Waals surface area contributed by atoms with E-state index in [4.69, 9.17) is 39.5 Å². The predicted octanol–water partition coefficient (Wildman–Crippen LogP) is 5.73. The molecule has 0 bridgehead atoms.